The molecule has 1 aromatic heterocycles. The van der Waals surface area contributed by atoms with Crippen molar-refractivity contribution >= 4 is 29.0 Å². The molecular formula is C14H14N6O4. The number of nitro groups is 1. The third kappa shape index (κ3) is 3.02. The Labute approximate surface area is 136 Å². The van der Waals surface area contributed by atoms with Gasteiger partial charge in [-0.2, -0.15) is 5.10 Å². The van der Waals surface area contributed by atoms with E-state index < -0.39 is 16.5 Å². The van der Waals surface area contributed by atoms with Gasteiger partial charge in [0.1, 0.15) is 6.20 Å². The highest BCUT2D eigenvalue weighted by molar-refractivity contribution is 6.06. The van der Waals surface area contributed by atoms with Crippen LogP contribution in [0.4, 0.5) is 21.9 Å². The summed E-state index contributed by atoms with van der Waals surface area (Å²) in [6, 6.07) is 6.50. The van der Waals surface area contributed by atoms with Crippen LogP contribution in [0.25, 0.3) is 0 Å². The molecule has 0 radical (unpaired) electrons. The topological polar surface area (TPSA) is 133 Å². The minimum absolute atomic E-state index is 0.200. The van der Waals surface area contributed by atoms with Crippen LogP contribution in [0.3, 0.4) is 0 Å². The second-order valence-corrected chi connectivity index (χ2v) is 5.13. The van der Waals surface area contributed by atoms with E-state index in [2.05, 4.69) is 20.8 Å². The molecule has 0 spiro atoms. The molecule has 1 aliphatic heterocycles. The standard InChI is InChI=1S/C14H14N6O4/c21-13(12-11(20(23)24)8-16-18-12)17-9-3-1-4-10(7-9)19-6-2-5-15-14(19)22/h1,3-4,7-8H,2,5-6H2,(H,15,22)(H,16,18)(H,17,21). The Balaban J connectivity index is 1.79. The SMILES string of the molecule is O=C(Nc1cccc(N2CCCNC2=O)c1)c1[nH]ncc1[N+](=O)[O-]. The summed E-state index contributed by atoms with van der Waals surface area (Å²) < 4.78 is 0. The zero-order valence-electron chi connectivity index (χ0n) is 12.5. The van der Waals surface area contributed by atoms with Crippen LogP contribution in [0.2, 0.25) is 0 Å². The average molecular weight is 330 g/mol. The number of urea groups is 1. The smallest absolute Gasteiger partial charge is 0.321 e. The van der Waals surface area contributed by atoms with E-state index in [-0.39, 0.29) is 11.7 Å². The number of nitrogens with zero attached hydrogens (tertiary/aromatic N) is 3. The van der Waals surface area contributed by atoms with Gasteiger partial charge < -0.3 is 10.6 Å². The fraction of sp³-hybridized carbons (Fsp3) is 0.214. The molecule has 24 heavy (non-hydrogen) atoms. The van der Waals surface area contributed by atoms with E-state index in [1.54, 1.807) is 29.2 Å². The Morgan fingerprint density at radius 2 is 2.25 bits per heavy atom. The zero-order chi connectivity index (χ0) is 17.1. The zero-order valence-corrected chi connectivity index (χ0v) is 12.5. The van der Waals surface area contributed by atoms with E-state index >= 15 is 0 Å². The maximum atomic E-state index is 12.2. The molecule has 0 aliphatic carbocycles. The Morgan fingerprint density at radius 1 is 1.42 bits per heavy atom. The van der Waals surface area contributed by atoms with Gasteiger partial charge in [0.25, 0.3) is 5.91 Å². The van der Waals surface area contributed by atoms with Crippen LogP contribution >= 0.6 is 0 Å². The molecule has 0 bridgehead atoms. The largest absolute Gasteiger partial charge is 0.338 e. The van der Waals surface area contributed by atoms with Gasteiger partial charge in [0.15, 0.2) is 0 Å². The fourth-order valence-electron chi connectivity index (χ4n) is 2.41. The lowest BCUT2D eigenvalue weighted by Gasteiger charge is -2.27. The molecule has 1 aliphatic rings. The van der Waals surface area contributed by atoms with Gasteiger partial charge in [-0.25, -0.2) is 4.79 Å². The highest BCUT2D eigenvalue weighted by Crippen LogP contribution is 2.22. The summed E-state index contributed by atoms with van der Waals surface area (Å²) in [4.78, 5) is 35.8. The number of anilines is 2. The maximum Gasteiger partial charge on any atom is 0.321 e. The highest BCUT2D eigenvalue weighted by Gasteiger charge is 2.23. The lowest BCUT2D eigenvalue weighted by atomic mass is 10.2. The van der Waals surface area contributed by atoms with Gasteiger partial charge in [0.05, 0.1) is 4.92 Å². The van der Waals surface area contributed by atoms with E-state index in [4.69, 9.17) is 0 Å². The molecule has 1 fully saturated rings. The van der Waals surface area contributed by atoms with Gasteiger partial charge in [-0.1, -0.05) is 6.07 Å². The summed E-state index contributed by atoms with van der Waals surface area (Å²) in [5.41, 5.74) is 0.407. The highest BCUT2D eigenvalue weighted by atomic mass is 16.6. The maximum absolute atomic E-state index is 12.2. The van der Waals surface area contributed by atoms with Crippen LogP contribution in [0.15, 0.2) is 30.5 Å². The summed E-state index contributed by atoms with van der Waals surface area (Å²) in [5, 5.41) is 22.0. The lowest BCUT2D eigenvalue weighted by molar-refractivity contribution is -0.385. The van der Waals surface area contributed by atoms with Crippen molar-refractivity contribution in [3.63, 3.8) is 0 Å². The first-order chi connectivity index (χ1) is 11.6. The number of H-pyrrole nitrogens is 1. The summed E-state index contributed by atoms with van der Waals surface area (Å²) in [5.74, 6) is -0.681. The van der Waals surface area contributed by atoms with Gasteiger partial charge in [0.2, 0.25) is 5.69 Å². The summed E-state index contributed by atoms with van der Waals surface area (Å²) in [6.45, 7) is 1.21. The lowest BCUT2D eigenvalue weighted by Crippen LogP contribution is -2.46. The van der Waals surface area contributed by atoms with Crippen molar-refractivity contribution in [1.82, 2.24) is 15.5 Å². The molecule has 0 saturated carbocycles. The molecule has 3 N–H and O–H groups in total. The van der Waals surface area contributed by atoms with E-state index in [9.17, 15) is 19.7 Å². The van der Waals surface area contributed by atoms with Gasteiger partial charge in [-0.05, 0) is 24.6 Å². The number of carbonyl (C=O) groups excluding carboxylic acids is 2. The molecule has 10 nitrogen and oxygen atoms in total. The third-order valence-electron chi connectivity index (χ3n) is 3.54. The number of carbonyl (C=O) groups is 2. The van der Waals surface area contributed by atoms with Crippen molar-refractivity contribution in [2.45, 2.75) is 6.42 Å². The van der Waals surface area contributed by atoms with Crippen LogP contribution in [0.1, 0.15) is 16.9 Å². The van der Waals surface area contributed by atoms with E-state index in [0.717, 1.165) is 12.6 Å². The molecule has 0 unspecified atom stereocenters. The summed E-state index contributed by atoms with van der Waals surface area (Å²) >= 11 is 0. The fourth-order valence-corrected chi connectivity index (χ4v) is 2.41. The Bertz CT molecular complexity index is 802. The van der Waals surface area contributed by atoms with Gasteiger partial charge >= 0.3 is 11.7 Å². The van der Waals surface area contributed by atoms with Crippen LogP contribution < -0.4 is 15.5 Å². The van der Waals surface area contributed by atoms with Crippen molar-refractivity contribution in [3.8, 4) is 0 Å². The molecule has 124 valence electrons. The van der Waals surface area contributed by atoms with Gasteiger partial charge in [0, 0.05) is 24.5 Å². The number of amides is 3. The normalized spacial score (nSPS) is 14.2. The first-order valence-electron chi connectivity index (χ1n) is 7.21. The first kappa shape index (κ1) is 15.5. The first-order valence-corrected chi connectivity index (χ1v) is 7.21. The van der Waals surface area contributed by atoms with E-state index in [1.165, 1.54) is 0 Å². The van der Waals surface area contributed by atoms with Gasteiger partial charge in [-0.3, -0.25) is 24.9 Å². The molecule has 2 aromatic rings. The molecule has 2 heterocycles. The predicted molar refractivity (Wildman–Crippen MR) is 85.0 cm³/mol. The Kier molecular flexibility index (Phi) is 4.10. The third-order valence-corrected chi connectivity index (χ3v) is 3.54. The average Bonchev–Trinajstić information content (AvgIpc) is 3.05. The van der Waals surface area contributed by atoms with Crippen molar-refractivity contribution in [1.29, 1.82) is 0 Å². The molecule has 10 heteroatoms. The monoisotopic (exact) mass is 330 g/mol. The molecule has 1 saturated heterocycles. The number of aromatic nitrogens is 2. The number of hydrogen-bond donors (Lipinski definition) is 3. The van der Waals surface area contributed by atoms with Crippen molar-refractivity contribution in [2.24, 2.45) is 0 Å². The minimum Gasteiger partial charge on any atom is -0.338 e. The van der Waals surface area contributed by atoms with Crippen LogP contribution in [-0.4, -0.2) is 40.1 Å². The number of benzene rings is 1. The van der Waals surface area contributed by atoms with Crippen molar-refractivity contribution in [3.05, 3.63) is 46.3 Å². The predicted octanol–water partition coefficient (Wildman–Crippen LogP) is 1.49. The minimum atomic E-state index is -0.688. The number of hydrogen-bond acceptors (Lipinski definition) is 5. The molecule has 1 aromatic carbocycles. The summed E-state index contributed by atoms with van der Waals surface area (Å²) in [6.07, 6.45) is 1.80. The Morgan fingerprint density at radius 3 is 3.00 bits per heavy atom. The van der Waals surface area contributed by atoms with Crippen molar-refractivity contribution < 1.29 is 14.5 Å². The number of nitrogens with one attached hydrogen (secondary N) is 3. The van der Waals surface area contributed by atoms with Gasteiger partial charge in [-0.15, -0.1) is 0 Å². The summed E-state index contributed by atoms with van der Waals surface area (Å²) in [7, 11) is 0. The quantitative estimate of drug-likeness (QED) is 0.577. The second-order valence-electron chi connectivity index (χ2n) is 5.13. The van der Waals surface area contributed by atoms with E-state index in [0.29, 0.717) is 24.5 Å². The van der Waals surface area contributed by atoms with E-state index in [1.807, 2.05) is 0 Å². The van der Waals surface area contributed by atoms with Crippen LogP contribution in [0, 0.1) is 10.1 Å². The van der Waals surface area contributed by atoms with Crippen LogP contribution in [-0.2, 0) is 0 Å². The molecule has 3 rings (SSSR count). The number of aromatic amines is 1. The van der Waals surface area contributed by atoms with Crippen LogP contribution in [0.5, 0.6) is 0 Å². The van der Waals surface area contributed by atoms with Crippen molar-refractivity contribution in [2.75, 3.05) is 23.3 Å². The molecule has 0 atom stereocenters. The number of rotatable bonds is 4. The second kappa shape index (κ2) is 6.36. The molecule has 3 amide bonds. The Hall–Kier alpha value is -3.43. The molecular weight excluding hydrogens is 316 g/mol.